The fraction of sp³-hybridized carbons (Fsp3) is 0.333. The normalized spacial score (nSPS) is 12.2. The molecule has 0 aliphatic carbocycles. The van der Waals surface area contributed by atoms with Crippen LogP contribution in [-0.2, 0) is 6.54 Å². The van der Waals surface area contributed by atoms with E-state index in [9.17, 15) is 9.50 Å². The van der Waals surface area contributed by atoms with Crippen LogP contribution in [0, 0.1) is 5.82 Å². The van der Waals surface area contributed by atoms with Crippen molar-refractivity contribution in [3.63, 3.8) is 0 Å². The van der Waals surface area contributed by atoms with Crippen molar-refractivity contribution in [3.05, 3.63) is 59.9 Å². The fourth-order valence-electron chi connectivity index (χ4n) is 2.14. The Labute approximate surface area is 136 Å². The first kappa shape index (κ1) is 17.2. The van der Waals surface area contributed by atoms with Crippen molar-refractivity contribution >= 4 is 5.69 Å². The van der Waals surface area contributed by atoms with Gasteiger partial charge in [0.25, 0.3) is 0 Å². The van der Waals surface area contributed by atoms with Gasteiger partial charge in [-0.2, -0.15) is 0 Å². The highest BCUT2D eigenvalue weighted by atomic mass is 19.1. The number of hydrogen-bond acceptors (Lipinski definition) is 4. The predicted molar refractivity (Wildman–Crippen MR) is 90.2 cm³/mol. The van der Waals surface area contributed by atoms with E-state index in [1.807, 2.05) is 43.3 Å². The minimum atomic E-state index is -0.513. The van der Waals surface area contributed by atoms with Gasteiger partial charge in [0.2, 0.25) is 0 Å². The standard InChI is InChI=1S/C18H23FN2O2/c1-21(2)12-17(22)13-23-18-9-7-16(8-10-18)20-11-14-3-5-15(19)6-4-14/h3-10,17,20,22H,11-13H2,1-2H3. The molecule has 2 rings (SSSR count). The quantitative estimate of drug-likeness (QED) is 0.785. The van der Waals surface area contributed by atoms with Crippen LogP contribution in [0.2, 0.25) is 0 Å². The van der Waals surface area contributed by atoms with Gasteiger partial charge < -0.3 is 20.1 Å². The second-order valence-electron chi connectivity index (χ2n) is 5.73. The summed E-state index contributed by atoms with van der Waals surface area (Å²) < 4.78 is 18.4. The molecule has 4 nitrogen and oxygen atoms in total. The third-order valence-corrected chi connectivity index (χ3v) is 3.28. The average molecular weight is 318 g/mol. The van der Waals surface area contributed by atoms with E-state index in [4.69, 9.17) is 4.74 Å². The topological polar surface area (TPSA) is 44.7 Å². The lowest BCUT2D eigenvalue weighted by atomic mass is 10.2. The van der Waals surface area contributed by atoms with Crippen LogP contribution in [0.1, 0.15) is 5.56 Å². The van der Waals surface area contributed by atoms with Crippen molar-refractivity contribution in [2.75, 3.05) is 32.6 Å². The van der Waals surface area contributed by atoms with E-state index in [2.05, 4.69) is 5.32 Å². The number of nitrogens with one attached hydrogen (secondary N) is 1. The second kappa shape index (κ2) is 8.50. The summed E-state index contributed by atoms with van der Waals surface area (Å²) in [6.45, 7) is 1.46. The van der Waals surface area contributed by atoms with Crippen LogP contribution in [0.4, 0.5) is 10.1 Å². The van der Waals surface area contributed by atoms with E-state index < -0.39 is 6.10 Å². The molecule has 0 fully saturated rings. The number of likely N-dealkylation sites (N-methyl/N-ethyl adjacent to an activating group) is 1. The first-order valence-corrected chi connectivity index (χ1v) is 7.57. The summed E-state index contributed by atoms with van der Waals surface area (Å²) in [6, 6.07) is 14.0. The van der Waals surface area contributed by atoms with E-state index in [-0.39, 0.29) is 12.4 Å². The number of hydrogen-bond donors (Lipinski definition) is 2. The number of rotatable bonds is 8. The van der Waals surface area contributed by atoms with Gasteiger partial charge in [0, 0.05) is 18.8 Å². The number of nitrogens with zero attached hydrogens (tertiary/aromatic N) is 1. The Bertz CT molecular complexity index is 585. The molecule has 2 N–H and O–H groups in total. The number of ether oxygens (including phenoxy) is 1. The van der Waals surface area contributed by atoms with Gasteiger partial charge in [-0.1, -0.05) is 12.1 Å². The van der Waals surface area contributed by atoms with Gasteiger partial charge in [0.15, 0.2) is 0 Å². The van der Waals surface area contributed by atoms with E-state index in [0.29, 0.717) is 13.1 Å². The highest BCUT2D eigenvalue weighted by Crippen LogP contribution is 2.17. The molecule has 0 radical (unpaired) electrons. The minimum Gasteiger partial charge on any atom is -0.491 e. The minimum absolute atomic E-state index is 0.230. The fourth-order valence-corrected chi connectivity index (χ4v) is 2.14. The van der Waals surface area contributed by atoms with Crippen LogP contribution in [0.3, 0.4) is 0 Å². The molecule has 0 saturated carbocycles. The van der Waals surface area contributed by atoms with Crippen molar-refractivity contribution in [3.8, 4) is 5.75 Å². The molecule has 0 aliphatic rings. The maximum absolute atomic E-state index is 12.8. The smallest absolute Gasteiger partial charge is 0.123 e. The van der Waals surface area contributed by atoms with Gasteiger partial charge in [0.1, 0.15) is 24.3 Å². The summed E-state index contributed by atoms with van der Waals surface area (Å²) >= 11 is 0. The lowest BCUT2D eigenvalue weighted by Crippen LogP contribution is -2.30. The third-order valence-electron chi connectivity index (χ3n) is 3.28. The number of aliphatic hydroxyl groups excluding tert-OH is 1. The molecule has 0 amide bonds. The largest absolute Gasteiger partial charge is 0.491 e. The SMILES string of the molecule is CN(C)CC(O)COc1ccc(NCc2ccc(F)cc2)cc1. The van der Waals surface area contributed by atoms with Crippen molar-refractivity contribution < 1.29 is 14.2 Å². The van der Waals surface area contributed by atoms with E-state index >= 15 is 0 Å². The van der Waals surface area contributed by atoms with Crippen LogP contribution in [0.5, 0.6) is 5.75 Å². The molecule has 0 bridgehead atoms. The highest BCUT2D eigenvalue weighted by Gasteiger charge is 2.06. The molecule has 0 heterocycles. The van der Waals surface area contributed by atoms with Gasteiger partial charge in [-0.3, -0.25) is 0 Å². The molecule has 1 unspecified atom stereocenters. The Morgan fingerprint density at radius 2 is 1.74 bits per heavy atom. The Balaban J connectivity index is 1.79. The summed E-state index contributed by atoms with van der Waals surface area (Å²) in [7, 11) is 3.82. The Morgan fingerprint density at radius 3 is 2.35 bits per heavy atom. The predicted octanol–water partition coefficient (Wildman–Crippen LogP) is 2.74. The van der Waals surface area contributed by atoms with Crippen LogP contribution in [0.25, 0.3) is 0 Å². The van der Waals surface area contributed by atoms with E-state index in [1.165, 1.54) is 12.1 Å². The molecule has 0 aromatic heterocycles. The van der Waals surface area contributed by atoms with Crippen LogP contribution >= 0.6 is 0 Å². The third kappa shape index (κ3) is 6.26. The monoisotopic (exact) mass is 318 g/mol. The molecular formula is C18H23FN2O2. The summed E-state index contributed by atoms with van der Waals surface area (Å²) in [6.07, 6.45) is -0.513. The maximum atomic E-state index is 12.8. The first-order chi connectivity index (χ1) is 11.0. The van der Waals surface area contributed by atoms with Gasteiger partial charge >= 0.3 is 0 Å². The molecule has 0 spiro atoms. The number of halogens is 1. The summed E-state index contributed by atoms with van der Waals surface area (Å²) in [5.74, 6) is 0.488. The molecular weight excluding hydrogens is 295 g/mol. The Kier molecular flexibility index (Phi) is 6.38. The van der Waals surface area contributed by atoms with E-state index in [0.717, 1.165) is 17.0 Å². The van der Waals surface area contributed by atoms with Gasteiger partial charge in [0.05, 0.1) is 0 Å². The zero-order valence-electron chi connectivity index (χ0n) is 13.5. The molecule has 23 heavy (non-hydrogen) atoms. The number of benzene rings is 2. The first-order valence-electron chi connectivity index (χ1n) is 7.57. The molecule has 5 heteroatoms. The molecule has 0 aliphatic heterocycles. The number of anilines is 1. The van der Waals surface area contributed by atoms with E-state index in [1.54, 1.807) is 12.1 Å². The molecule has 124 valence electrons. The maximum Gasteiger partial charge on any atom is 0.123 e. The lowest BCUT2D eigenvalue weighted by molar-refractivity contribution is 0.0831. The van der Waals surface area contributed by atoms with Gasteiger partial charge in [-0.25, -0.2) is 4.39 Å². The van der Waals surface area contributed by atoms with Crippen molar-refractivity contribution in [1.29, 1.82) is 0 Å². The molecule has 0 saturated heterocycles. The Morgan fingerprint density at radius 1 is 1.09 bits per heavy atom. The molecule has 2 aromatic rings. The van der Waals surface area contributed by atoms with Crippen molar-refractivity contribution in [2.24, 2.45) is 0 Å². The summed E-state index contributed by atoms with van der Waals surface area (Å²) in [5, 5.41) is 13.0. The van der Waals surface area contributed by atoms with Crippen LogP contribution in [-0.4, -0.2) is 43.4 Å². The molecule has 1 atom stereocenters. The lowest BCUT2D eigenvalue weighted by Gasteiger charge is -2.16. The zero-order valence-corrected chi connectivity index (χ0v) is 13.5. The van der Waals surface area contributed by atoms with Crippen molar-refractivity contribution in [1.82, 2.24) is 4.90 Å². The number of aliphatic hydroxyl groups is 1. The van der Waals surface area contributed by atoms with Gasteiger partial charge in [-0.15, -0.1) is 0 Å². The van der Waals surface area contributed by atoms with Crippen LogP contribution < -0.4 is 10.1 Å². The van der Waals surface area contributed by atoms with Gasteiger partial charge in [-0.05, 0) is 56.1 Å². The van der Waals surface area contributed by atoms with Crippen LogP contribution in [0.15, 0.2) is 48.5 Å². The average Bonchev–Trinajstić information content (AvgIpc) is 2.53. The second-order valence-corrected chi connectivity index (χ2v) is 5.73. The Hall–Kier alpha value is -2.11. The summed E-state index contributed by atoms with van der Waals surface area (Å²) in [4.78, 5) is 1.91. The molecule has 2 aromatic carbocycles. The zero-order chi connectivity index (χ0) is 16.7. The highest BCUT2D eigenvalue weighted by molar-refractivity contribution is 5.46. The summed E-state index contributed by atoms with van der Waals surface area (Å²) in [5.41, 5.74) is 1.97. The van der Waals surface area contributed by atoms with Crippen molar-refractivity contribution in [2.45, 2.75) is 12.6 Å².